The average Bonchev–Trinajstić information content (AvgIpc) is 2.71. The first-order valence-electron chi connectivity index (χ1n) is 6.61. The summed E-state index contributed by atoms with van der Waals surface area (Å²) in [5, 5.41) is 6.42. The molecule has 1 heterocycles. The molecule has 0 spiro atoms. The molecule has 0 bridgehead atoms. The molecule has 116 valence electrons. The number of aliphatic imine (C=N–C) groups is 1. The van der Waals surface area contributed by atoms with E-state index in [0.29, 0.717) is 12.4 Å². The Hall–Kier alpha value is -0.830. The van der Waals surface area contributed by atoms with Crippen LogP contribution >= 0.6 is 24.0 Å². The molecule has 0 unspecified atom stereocenters. The van der Waals surface area contributed by atoms with Crippen LogP contribution in [-0.4, -0.2) is 37.7 Å². The summed E-state index contributed by atoms with van der Waals surface area (Å²) in [5.41, 5.74) is 0.920. The van der Waals surface area contributed by atoms with Gasteiger partial charge in [0.15, 0.2) is 5.96 Å². The van der Waals surface area contributed by atoms with Crippen molar-refractivity contribution in [2.75, 3.05) is 26.8 Å². The highest BCUT2D eigenvalue weighted by atomic mass is 127. The van der Waals surface area contributed by atoms with Gasteiger partial charge in [-0.05, 0) is 27.2 Å². The number of halogens is 1. The second-order valence-corrected chi connectivity index (χ2v) is 4.22. The molecule has 7 heteroatoms. The maximum Gasteiger partial charge on any atom is 0.216 e. The minimum Gasteiger partial charge on any atom is -0.444 e. The predicted octanol–water partition coefficient (Wildman–Crippen LogP) is 2.00. The van der Waals surface area contributed by atoms with E-state index in [2.05, 4.69) is 20.6 Å². The van der Waals surface area contributed by atoms with Crippen LogP contribution in [0.15, 0.2) is 9.41 Å². The second kappa shape index (κ2) is 10.9. The van der Waals surface area contributed by atoms with E-state index in [1.807, 2.05) is 20.8 Å². The molecule has 0 fully saturated rings. The maximum atomic E-state index is 5.49. The molecule has 0 atom stereocenters. The smallest absolute Gasteiger partial charge is 0.216 e. The Kier molecular flexibility index (Phi) is 10.4. The van der Waals surface area contributed by atoms with E-state index in [4.69, 9.17) is 9.15 Å². The number of methoxy groups -OCH3 is 1. The van der Waals surface area contributed by atoms with Crippen LogP contribution in [0.5, 0.6) is 0 Å². The van der Waals surface area contributed by atoms with Gasteiger partial charge < -0.3 is 19.8 Å². The minimum atomic E-state index is 0. The molecule has 0 saturated carbocycles. The van der Waals surface area contributed by atoms with Crippen molar-refractivity contribution in [2.45, 2.75) is 33.7 Å². The van der Waals surface area contributed by atoms with Crippen molar-refractivity contribution in [3.63, 3.8) is 0 Å². The van der Waals surface area contributed by atoms with Crippen LogP contribution in [0.1, 0.15) is 30.7 Å². The van der Waals surface area contributed by atoms with Crippen LogP contribution in [0.25, 0.3) is 0 Å². The molecule has 6 nitrogen and oxygen atoms in total. The molecular weight excluding hydrogens is 371 g/mol. The number of aryl methyl sites for hydroxylation is 2. The van der Waals surface area contributed by atoms with Crippen molar-refractivity contribution in [3.05, 3.63) is 17.3 Å². The lowest BCUT2D eigenvalue weighted by molar-refractivity contribution is 0.195. The minimum absolute atomic E-state index is 0. The maximum absolute atomic E-state index is 5.49. The van der Waals surface area contributed by atoms with Gasteiger partial charge in [-0.25, -0.2) is 9.98 Å². The summed E-state index contributed by atoms with van der Waals surface area (Å²) in [4.78, 5) is 8.74. The van der Waals surface area contributed by atoms with Crippen LogP contribution in [0.4, 0.5) is 0 Å². The summed E-state index contributed by atoms with van der Waals surface area (Å²) in [6.07, 6.45) is 0.943. The van der Waals surface area contributed by atoms with Gasteiger partial charge in [0.2, 0.25) is 5.89 Å². The monoisotopic (exact) mass is 396 g/mol. The lowest BCUT2D eigenvalue weighted by atomic mass is 10.4. The Bertz CT molecular complexity index is 388. The summed E-state index contributed by atoms with van der Waals surface area (Å²) in [6, 6.07) is 0. The van der Waals surface area contributed by atoms with Gasteiger partial charge in [-0.2, -0.15) is 0 Å². The van der Waals surface area contributed by atoms with Gasteiger partial charge in [-0.1, -0.05) is 0 Å². The van der Waals surface area contributed by atoms with Crippen LogP contribution in [-0.2, 0) is 11.3 Å². The van der Waals surface area contributed by atoms with E-state index >= 15 is 0 Å². The summed E-state index contributed by atoms with van der Waals surface area (Å²) in [5.74, 6) is 2.26. The molecule has 1 aromatic rings. The van der Waals surface area contributed by atoms with Gasteiger partial charge >= 0.3 is 0 Å². The lowest BCUT2D eigenvalue weighted by Gasteiger charge is -2.10. The second-order valence-electron chi connectivity index (χ2n) is 4.22. The largest absolute Gasteiger partial charge is 0.444 e. The van der Waals surface area contributed by atoms with Crippen LogP contribution < -0.4 is 10.6 Å². The molecule has 0 aliphatic rings. The third-order valence-corrected chi connectivity index (χ3v) is 2.61. The first-order valence-corrected chi connectivity index (χ1v) is 6.61. The van der Waals surface area contributed by atoms with Crippen molar-refractivity contribution < 1.29 is 9.15 Å². The zero-order valence-corrected chi connectivity index (χ0v) is 15.0. The fourth-order valence-corrected chi connectivity index (χ4v) is 1.52. The first-order chi connectivity index (χ1) is 9.17. The number of hydrogen-bond acceptors (Lipinski definition) is 4. The van der Waals surface area contributed by atoms with Crippen LogP contribution in [0, 0.1) is 13.8 Å². The van der Waals surface area contributed by atoms with Crippen molar-refractivity contribution in [1.82, 2.24) is 15.6 Å². The van der Waals surface area contributed by atoms with Crippen LogP contribution in [0.3, 0.4) is 0 Å². The summed E-state index contributed by atoms with van der Waals surface area (Å²) in [6.45, 7) is 8.69. The van der Waals surface area contributed by atoms with E-state index in [1.165, 1.54) is 0 Å². The molecule has 0 saturated heterocycles. The topological polar surface area (TPSA) is 71.7 Å². The van der Waals surface area contributed by atoms with E-state index in [-0.39, 0.29) is 24.0 Å². The molecule has 1 rings (SSSR count). The average molecular weight is 396 g/mol. The van der Waals surface area contributed by atoms with Crippen molar-refractivity contribution in [1.29, 1.82) is 0 Å². The number of guanidine groups is 1. The van der Waals surface area contributed by atoms with E-state index < -0.39 is 0 Å². The third-order valence-electron chi connectivity index (χ3n) is 2.61. The van der Waals surface area contributed by atoms with Gasteiger partial charge in [0, 0.05) is 26.8 Å². The highest BCUT2D eigenvalue weighted by molar-refractivity contribution is 14.0. The number of nitrogens with zero attached hydrogens (tertiary/aromatic N) is 2. The van der Waals surface area contributed by atoms with Gasteiger partial charge in [0.25, 0.3) is 0 Å². The first kappa shape index (κ1) is 19.2. The molecule has 0 amide bonds. The number of aromatic nitrogens is 1. The van der Waals surface area contributed by atoms with Crippen molar-refractivity contribution in [2.24, 2.45) is 4.99 Å². The Morgan fingerprint density at radius 1 is 1.35 bits per heavy atom. The van der Waals surface area contributed by atoms with Gasteiger partial charge in [-0.15, -0.1) is 24.0 Å². The summed E-state index contributed by atoms with van der Waals surface area (Å²) in [7, 11) is 1.70. The molecule has 0 radical (unpaired) electrons. The van der Waals surface area contributed by atoms with Crippen LogP contribution in [0.2, 0.25) is 0 Å². The molecular formula is C13H25IN4O2. The van der Waals surface area contributed by atoms with E-state index in [1.54, 1.807) is 7.11 Å². The van der Waals surface area contributed by atoms with E-state index in [0.717, 1.165) is 43.5 Å². The van der Waals surface area contributed by atoms with E-state index in [9.17, 15) is 0 Å². The number of oxazole rings is 1. The molecule has 0 aromatic carbocycles. The number of rotatable bonds is 7. The van der Waals surface area contributed by atoms with Gasteiger partial charge in [0.1, 0.15) is 12.3 Å². The van der Waals surface area contributed by atoms with Gasteiger partial charge in [0.05, 0.1) is 5.69 Å². The quantitative estimate of drug-likeness (QED) is 0.319. The number of hydrogen-bond donors (Lipinski definition) is 2. The Morgan fingerprint density at radius 2 is 2.10 bits per heavy atom. The zero-order valence-electron chi connectivity index (χ0n) is 12.7. The lowest BCUT2D eigenvalue weighted by Crippen LogP contribution is -2.38. The molecule has 1 aromatic heterocycles. The molecule has 2 N–H and O–H groups in total. The normalized spacial score (nSPS) is 11.1. The highest BCUT2D eigenvalue weighted by Gasteiger charge is 2.05. The molecule has 0 aliphatic carbocycles. The predicted molar refractivity (Wildman–Crippen MR) is 90.7 cm³/mol. The Labute approximate surface area is 137 Å². The standard InChI is InChI=1S/C13H24N4O2.HI/c1-5-14-13(15-7-6-8-18-4)16-9-12-17-10(2)11(3)19-12;/h5-9H2,1-4H3,(H2,14,15,16);1H. The molecule has 0 aliphatic heterocycles. The summed E-state index contributed by atoms with van der Waals surface area (Å²) < 4.78 is 10.5. The number of ether oxygens (including phenoxy) is 1. The fraction of sp³-hybridized carbons (Fsp3) is 0.692. The molecule has 20 heavy (non-hydrogen) atoms. The number of nitrogens with one attached hydrogen (secondary N) is 2. The Morgan fingerprint density at radius 3 is 2.65 bits per heavy atom. The van der Waals surface area contributed by atoms with Crippen molar-refractivity contribution in [3.8, 4) is 0 Å². The SMILES string of the molecule is CCNC(=NCc1nc(C)c(C)o1)NCCCOC.I. The summed E-state index contributed by atoms with van der Waals surface area (Å²) >= 11 is 0. The highest BCUT2D eigenvalue weighted by Crippen LogP contribution is 2.08. The Balaban J connectivity index is 0.00000361. The third kappa shape index (κ3) is 7.09. The van der Waals surface area contributed by atoms with Crippen molar-refractivity contribution >= 4 is 29.9 Å². The zero-order chi connectivity index (χ0) is 14.1. The van der Waals surface area contributed by atoms with Gasteiger partial charge in [-0.3, -0.25) is 0 Å². The fourth-order valence-electron chi connectivity index (χ4n) is 1.52.